The van der Waals surface area contributed by atoms with Crippen LogP contribution in [0, 0.1) is 10.1 Å². The second-order valence-electron chi connectivity index (χ2n) is 8.76. The third-order valence-corrected chi connectivity index (χ3v) is 5.72. The minimum atomic E-state index is -0.692. The van der Waals surface area contributed by atoms with Gasteiger partial charge in [-0.25, -0.2) is 9.59 Å². The third-order valence-electron chi connectivity index (χ3n) is 4.76. The molecule has 3 amide bonds. The van der Waals surface area contributed by atoms with Crippen LogP contribution in [0.25, 0.3) is 0 Å². The predicted octanol–water partition coefficient (Wildman–Crippen LogP) is 3.42. The van der Waals surface area contributed by atoms with E-state index in [4.69, 9.17) is 9.47 Å². The molecule has 1 saturated heterocycles. The quantitative estimate of drug-likeness (QED) is 0.285. The zero-order valence-corrected chi connectivity index (χ0v) is 20.5. The number of hydrogen-bond acceptors (Lipinski definition) is 8. The summed E-state index contributed by atoms with van der Waals surface area (Å²) in [5.41, 5.74) is -0.0649. The molecule has 34 heavy (non-hydrogen) atoms. The number of rotatable bonds is 10. The van der Waals surface area contributed by atoms with E-state index in [-0.39, 0.29) is 18.2 Å². The molecule has 1 heterocycles. The van der Waals surface area contributed by atoms with Crippen LogP contribution in [0.3, 0.4) is 0 Å². The lowest BCUT2D eigenvalue weighted by molar-refractivity contribution is -0.384. The van der Waals surface area contributed by atoms with Crippen LogP contribution in [0.4, 0.5) is 15.3 Å². The Kier molecular flexibility index (Phi) is 10.4. The molecule has 1 aliphatic rings. The topological polar surface area (TPSA) is 140 Å². The van der Waals surface area contributed by atoms with E-state index in [1.54, 1.807) is 37.4 Å². The van der Waals surface area contributed by atoms with Crippen LogP contribution < -0.4 is 10.6 Å². The van der Waals surface area contributed by atoms with Gasteiger partial charge in [0.2, 0.25) is 5.91 Å². The number of thioether (sulfide) groups is 1. The molecule has 0 spiro atoms. The molecule has 1 aromatic rings. The first-order valence-electron chi connectivity index (χ1n) is 11.0. The normalized spacial score (nSPS) is 14.3. The molecule has 0 radical (unpaired) electrons. The summed E-state index contributed by atoms with van der Waals surface area (Å²) in [7, 11) is 0. The lowest BCUT2D eigenvalue weighted by Gasteiger charge is -2.26. The average molecular weight is 497 g/mol. The number of nitro groups is 1. The van der Waals surface area contributed by atoms with Crippen molar-refractivity contribution in [2.45, 2.75) is 58.3 Å². The van der Waals surface area contributed by atoms with E-state index >= 15 is 0 Å². The summed E-state index contributed by atoms with van der Waals surface area (Å²) in [6.07, 6.45) is 0.355. The Morgan fingerprint density at radius 1 is 1.18 bits per heavy atom. The van der Waals surface area contributed by atoms with Crippen LogP contribution in [0.1, 0.15) is 45.6 Å². The Hall–Kier alpha value is -3.02. The fraction of sp³-hybridized carbons (Fsp3) is 0.591. The van der Waals surface area contributed by atoms with E-state index in [1.165, 1.54) is 24.3 Å². The van der Waals surface area contributed by atoms with Crippen LogP contribution >= 0.6 is 11.8 Å². The SMILES string of the molecule is CC(C)(C)OC(=O)N[C@@H](CCCCNC(=O)OCc1ccc([N+](=O)[O-])cc1)C(=O)N1CCSC1. The van der Waals surface area contributed by atoms with Gasteiger partial charge in [0, 0.05) is 31.0 Å². The van der Waals surface area contributed by atoms with E-state index in [0.29, 0.717) is 43.8 Å². The molecule has 0 aliphatic carbocycles. The van der Waals surface area contributed by atoms with Gasteiger partial charge in [-0.2, -0.15) is 0 Å². The monoisotopic (exact) mass is 496 g/mol. The molecule has 12 heteroatoms. The summed E-state index contributed by atoms with van der Waals surface area (Å²) < 4.78 is 10.4. The minimum Gasteiger partial charge on any atom is -0.445 e. The van der Waals surface area contributed by atoms with Crippen LogP contribution in [0.2, 0.25) is 0 Å². The van der Waals surface area contributed by atoms with E-state index in [9.17, 15) is 24.5 Å². The van der Waals surface area contributed by atoms with E-state index in [1.807, 2.05) is 0 Å². The predicted molar refractivity (Wildman–Crippen MR) is 127 cm³/mol. The van der Waals surface area contributed by atoms with E-state index in [0.717, 1.165) is 5.75 Å². The number of non-ortho nitro benzene ring substituents is 1. The Bertz CT molecular complexity index is 852. The third kappa shape index (κ3) is 9.86. The number of unbranched alkanes of at least 4 members (excludes halogenated alkanes) is 1. The highest BCUT2D eigenvalue weighted by atomic mass is 32.2. The first-order valence-corrected chi connectivity index (χ1v) is 12.2. The van der Waals surface area contributed by atoms with Crippen molar-refractivity contribution in [3.05, 3.63) is 39.9 Å². The molecule has 0 unspecified atom stereocenters. The van der Waals surface area contributed by atoms with Gasteiger partial charge in [0.05, 0.1) is 10.8 Å². The van der Waals surface area contributed by atoms with Crippen molar-refractivity contribution in [1.82, 2.24) is 15.5 Å². The number of nitro benzene ring substituents is 1. The fourth-order valence-corrected chi connectivity index (χ4v) is 4.05. The molecule has 2 rings (SSSR count). The largest absolute Gasteiger partial charge is 0.445 e. The molecular weight excluding hydrogens is 464 g/mol. The number of ether oxygens (including phenoxy) is 2. The second-order valence-corrected chi connectivity index (χ2v) is 9.83. The van der Waals surface area contributed by atoms with Gasteiger partial charge < -0.3 is 25.0 Å². The Balaban J connectivity index is 1.72. The highest BCUT2D eigenvalue weighted by Gasteiger charge is 2.29. The summed E-state index contributed by atoms with van der Waals surface area (Å²) in [5.74, 6) is 1.34. The van der Waals surface area contributed by atoms with Crippen LogP contribution in [0.15, 0.2) is 24.3 Å². The van der Waals surface area contributed by atoms with Gasteiger partial charge >= 0.3 is 12.2 Å². The van der Waals surface area contributed by atoms with Crippen molar-refractivity contribution in [3.8, 4) is 0 Å². The van der Waals surface area contributed by atoms with Gasteiger partial charge in [-0.15, -0.1) is 11.8 Å². The maximum absolute atomic E-state index is 12.8. The van der Waals surface area contributed by atoms with E-state index in [2.05, 4.69) is 10.6 Å². The molecule has 0 saturated carbocycles. The van der Waals surface area contributed by atoms with Gasteiger partial charge in [-0.3, -0.25) is 14.9 Å². The lowest BCUT2D eigenvalue weighted by atomic mass is 10.1. The van der Waals surface area contributed by atoms with Crippen LogP contribution in [-0.2, 0) is 20.9 Å². The highest BCUT2D eigenvalue weighted by Crippen LogP contribution is 2.17. The Morgan fingerprint density at radius 3 is 2.47 bits per heavy atom. The van der Waals surface area contributed by atoms with Crippen molar-refractivity contribution in [1.29, 1.82) is 0 Å². The van der Waals surface area contributed by atoms with Gasteiger partial charge in [0.15, 0.2) is 0 Å². The molecular formula is C22H32N4O7S. The van der Waals surface area contributed by atoms with Crippen LogP contribution in [-0.4, -0.2) is 64.3 Å². The number of amides is 3. The summed E-state index contributed by atoms with van der Waals surface area (Å²) in [6, 6.07) is 5.06. The molecule has 11 nitrogen and oxygen atoms in total. The summed E-state index contributed by atoms with van der Waals surface area (Å²) in [4.78, 5) is 48.8. The van der Waals surface area contributed by atoms with Gasteiger partial charge in [0.25, 0.3) is 5.69 Å². The molecule has 2 N–H and O–H groups in total. The highest BCUT2D eigenvalue weighted by molar-refractivity contribution is 7.99. The van der Waals surface area contributed by atoms with Crippen LogP contribution in [0.5, 0.6) is 0 Å². The molecule has 1 aromatic carbocycles. The summed E-state index contributed by atoms with van der Waals surface area (Å²) in [6.45, 7) is 6.25. The van der Waals surface area contributed by atoms with Crippen molar-refractivity contribution >= 4 is 35.5 Å². The molecule has 188 valence electrons. The van der Waals surface area contributed by atoms with Crippen molar-refractivity contribution < 1.29 is 28.8 Å². The average Bonchev–Trinajstić information content (AvgIpc) is 3.30. The molecule has 1 aliphatic heterocycles. The van der Waals surface area contributed by atoms with Crippen molar-refractivity contribution in [3.63, 3.8) is 0 Å². The smallest absolute Gasteiger partial charge is 0.408 e. The van der Waals surface area contributed by atoms with Crippen molar-refractivity contribution in [2.24, 2.45) is 0 Å². The first-order chi connectivity index (χ1) is 16.0. The zero-order valence-electron chi connectivity index (χ0n) is 19.7. The number of alkyl carbamates (subject to hydrolysis) is 2. The first kappa shape index (κ1) is 27.2. The number of nitrogens with one attached hydrogen (secondary N) is 2. The number of benzene rings is 1. The summed E-state index contributed by atoms with van der Waals surface area (Å²) >= 11 is 1.67. The zero-order chi connectivity index (χ0) is 25.1. The number of carbonyl (C=O) groups is 3. The minimum absolute atomic E-state index is 0.00589. The number of carbonyl (C=O) groups excluding carboxylic acids is 3. The molecule has 1 fully saturated rings. The molecule has 0 aromatic heterocycles. The summed E-state index contributed by atoms with van der Waals surface area (Å²) in [5, 5.41) is 16.0. The maximum Gasteiger partial charge on any atom is 0.408 e. The van der Waals surface area contributed by atoms with Crippen molar-refractivity contribution in [2.75, 3.05) is 24.7 Å². The Labute approximate surface area is 203 Å². The number of nitrogens with zero attached hydrogens (tertiary/aromatic N) is 2. The molecule has 1 atom stereocenters. The van der Waals surface area contributed by atoms with E-state index < -0.39 is 28.8 Å². The number of hydrogen-bond donors (Lipinski definition) is 2. The maximum atomic E-state index is 12.8. The molecule has 0 bridgehead atoms. The van der Waals surface area contributed by atoms with Gasteiger partial charge in [-0.05, 0) is 57.7 Å². The fourth-order valence-electron chi connectivity index (χ4n) is 3.09. The second kappa shape index (κ2) is 13.0. The van der Waals surface area contributed by atoms with Gasteiger partial charge in [0.1, 0.15) is 18.2 Å². The Morgan fingerprint density at radius 2 is 1.88 bits per heavy atom. The lowest BCUT2D eigenvalue weighted by Crippen LogP contribution is -2.49. The standard InChI is InChI=1S/C22H32N4O7S/c1-22(2,3)33-21(29)24-18(19(27)25-12-13-34-15-25)6-4-5-11-23-20(28)32-14-16-7-9-17(10-8-16)26(30)31/h7-10,18H,4-6,11-15H2,1-3H3,(H,23,28)(H,24,29)/t18-/m0/s1. The van der Waals surface area contributed by atoms with Gasteiger partial charge in [-0.1, -0.05) is 0 Å².